The summed E-state index contributed by atoms with van der Waals surface area (Å²) >= 11 is 0. The van der Waals surface area contributed by atoms with E-state index in [1.165, 1.54) is 75.3 Å². The summed E-state index contributed by atoms with van der Waals surface area (Å²) in [6.45, 7) is 8.99. The monoisotopic (exact) mass is 835 g/mol. The van der Waals surface area contributed by atoms with Crippen LogP contribution in [-0.2, 0) is 22.4 Å². The second kappa shape index (κ2) is 24.8. The average molecular weight is 835 g/mol. The lowest BCUT2D eigenvalue weighted by molar-refractivity contribution is -0.135. The highest BCUT2D eigenvalue weighted by molar-refractivity contribution is 6.27. The number of ether oxygens (including phenoxy) is 2. The normalized spacial score (nSPS) is 11.6. The van der Waals surface area contributed by atoms with Gasteiger partial charge < -0.3 is 9.47 Å². The van der Waals surface area contributed by atoms with Crippen LogP contribution in [0.1, 0.15) is 180 Å². The second-order valence-electron chi connectivity index (χ2n) is 17.9. The van der Waals surface area contributed by atoms with Crippen molar-refractivity contribution < 1.29 is 19.1 Å². The molecule has 0 amide bonds. The van der Waals surface area contributed by atoms with Crippen LogP contribution in [0.4, 0.5) is 0 Å². The maximum absolute atomic E-state index is 13.7. The number of unbranched alkanes of at least 4 members (excludes halogenated alkanes) is 16. The van der Waals surface area contributed by atoms with Crippen molar-refractivity contribution in [2.75, 3.05) is 0 Å². The van der Waals surface area contributed by atoms with E-state index in [2.05, 4.69) is 113 Å². The van der Waals surface area contributed by atoms with Crippen LogP contribution >= 0.6 is 0 Å². The molecule has 0 bridgehead atoms. The Morgan fingerprint density at radius 3 is 1.06 bits per heavy atom. The van der Waals surface area contributed by atoms with E-state index in [0.29, 0.717) is 24.3 Å². The van der Waals surface area contributed by atoms with Crippen LogP contribution in [0.25, 0.3) is 54.2 Å². The summed E-state index contributed by atoms with van der Waals surface area (Å²) in [7, 11) is 0. The molecule has 0 spiro atoms. The molecule has 62 heavy (non-hydrogen) atoms. The van der Waals surface area contributed by atoms with Gasteiger partial charge >= 0.3 is 11.9 Å². The smallest absolute Gasteiger partial charge is 0.311 e. The van der Waals surface area contributed by atoms with Crippen molar-refractivity contribution >= 4 is 55.0 Å². The second-order valence-corrected chi connectivity index (χ2v) is 17.9. The fourth-order valence-electron chi connectivity index (χ4n) is 9.38. The lowest BCUT2D eigenvalue weighted by Gasteiger charge is -2.22. The largest absolute Gasteiger partial charge is 0.425 e. The van der Waals surface area contributed by atoms with E-state index in [1.54, 1.807) is 0 Å². The molecule has 330 valence electrons. The summed E-state index contributed by atoms with van der Waals surface area (Å²) in [6.07, 6.45) is 25.9. The first-order valence-corrected chi connectivity index (χ1v) is 24.8. The number of hydrogen-bond donors (Lipinski definition) is 0. The third-order valence-corrected chi connectivity index (χ3v) is 12.9. The molecule has 0 fully saturated rings. The fourth-order valence-corrected chi connectivity index (χ4v) is 9.38. The number of rotatable bonds is 27. The number of benzene rings is 6. The van der Waals surface area contributed by atoms with Gasteiger partial charge in [0.05, 0.1) is 0 Å². The van der Waals surface area contributed by atoms with Crippen molar-refractivity contribution in [1.29, 1.82) is 0 Å². The van der Waals surface area contributed by atoms with Crippen molar-refractivity contribution in [2.24, 2.45) is 0 Å². The average Bonchev–Trinajstić information content (AvgIpc) is 3.29. The number of esters is 2. The Bertz CT molecular complexity index is 2200. The minimum atomic E-state index is -0.167. The van der Waals surface area contributed by atoms with Crippen molar-refractivity contribution in [2.45, 2.75) is 182 Å². The first-order chi connectivity index (χ1) is 30.5. The van der Waals surface area contributed by atoms with Gasteiger partial charge in [-0.1, -0.05) is 215 Å². The summed E-state index contributed by atoms with van der Waals surface area (Å²) in [5.41, 5.74) is 4.83. The summed E-state index contributed by atoms with van der Waals surface area (Å²) < 4.78 is 13.0. The molecular weight excluding hydrogens is 761 g/mol. The third kappa shape index (κ3) is 12.3. The molecule has 4 nitrogen and oxygen atoms in total. The zero-order valence-corrected chi connectivity index (χ0v) is 38.7. The van der Waals surface area contributed by atoms with E-state index in [1.807, 2.05) is 0 Å². The molecule has 6 aromatic carbocycles. The van der Waals surface area contributed by atoms with Crippen molar-refractivity contribution in [3.05, 3.63) is 96.1 Å². The highest BCUT2D eigenvalue weighted by atomic mass is 16.5. The number of hydrogen-bond acceptors (Lipinski definition) is 4. The van der Waals surface area contributed by atoms with Gasteiger partial charge in [-0.2, -0.15) is 0 Å². The molecule has 0 unspecified atom stereocenters. The van der Waals surface area contributed by atoms with Gasteiger partial charge in [0, 0.05) is 34.4 Å². The Hall–Kier alpha value is -4.70. The molecule has 0 saturated carbocycles. The first-order valence-electron chi connectivity index (χ1n) is 24.8. The third-order valence-electron chi connectivity index (χ3n) is 12.9. The number of fused-ring (bicyclic) bond motifs is 4. The van der Waals surface area contributed by atoms with Crippen LogP contribution in [0.15, 0.2) is 84.9 Å². The lowest BCUT2D eigenvalue weighted by atomic mass is 9.84. The van der Waals surface area contributed by atoms with Crippen LogP contribution in [-0.4, -0.2) is 11.9 Å². The Balaban J connectivity index is 1.51. The van der Waals surface area contributed by atoms with Crippen LogP contribution in [0.2, 0.25) is 0 Å². The molecule has 0 saturated heterocycles. The van der Waals surface area contributed by atoms with Crippen LogP contribution < -0.4 is 9.47 Å². The summed E-state index contributed by atoms with van der Waals surface area (Å²) in [6, 6.07) is 30.5. The molecular formula is C58H74O4. The van der Waals surface area contributed by atoms with Gasteiger partial charge in [-0.25, -0.2) is 0 Å². The SMILES string of the molecule is CCCCCCCCCC(=O)Oc1c2ccccc2c(-c2c3ccccc3c(OC(=O)CCCCCCCCC)c3ccc(CCCCC)cc23)c2cc(CCCCC)ccc12. The molecule has 0 atom stereocenters. The van der Waals surface area contributed by atoms with Crippen LogP contribution in [0, 0.1) is 0 Å². The molecule has 0 N–H and O–H groups in total. The lowest BCUT2D eigenvalue weighted by Crippen LogP contribution is -2.09. The maximum atomic E-state index is 13.7. The van der Waals surface area contributed by atoms with E-state index >= 15 is 0 Å². The molecule has 0 aliphatic carbocycles. The Kier molecular flexibility index (Phi) is 18.7. The molecule has 0 aliphatic heterocycles. The fraction of sp³-hybridized carbons (Fsp3) is 0.483. The molecule has 0 heterocycles. The number of aryl methyl sites for hydroxylation is 2. The topological polar surface area (TPSA) is 52.6 Å². The minimum absolute atomic E-state index is 0.167. The van der Waals surface area contributed by atoms with E-state index in [4.69, 9.17) is 9.47 Å². The van der Waals surface area contributed by atoms with Gasteiger partial charge in [0.2, 0.25) is 0 Å². The molecule has 0 radical (unpaired) electrons. The quantitative estimate of drug-likeness (QED) is 0.0224. The summed E-state index contributed by atoms with van der Waals surface area (Å²) in [5.74, 6) is 0.967. The highest BCUT2D eigenvalue weighted by Gasteiger charge is 2.25. The number of carbonyl (C=O) groups is 2. The zero-order chi connectivity index (χ0) is 43.5. The van der Waals surface area contributed by atoms with Gasteiger partial charge in [-0.3, -0.25) is 9.59 Å². The van der Waals surface area contributed by atoms with E-state index in [9.17, 15) is 9.59 Å². The van der Waals surface area contributed by atoms with Gasteiger partial charge in [-0.05, 0) is 82.3 Å². The van der Waals surface area contributed by atoms with Gasteiger partial charge in [0.25, 0.3) is 0 Å². The highest BCUT2D eigenvalue weighted by Crippen LogP contribution is 2.50. The van der Waals surface area contributed by atoms with E-state index in [0.717, 1.165) is 131 Å². The van der Waals surface area contributed by atoms with Gasteiger partial charge in [-0.15, -0.1) is 0 Å². The van der Waals surface area contributed by atoms with E-state index in [-0.39, 0.29) is 11.9 Å². The summed E-state index contributed by atoms with van der Waals surface area (Å²) in [4.78, 5) is 27.4. The van der Waals surface area contributed by atoms with Gasteiger partial charge in [0.15, 0.2) is 0 Å². The Morgan fingerprint density at radius 2 is 0.677 bits per heavy atom. The molecule has 0 aliphatic rings. The summed E-state index contributed by atoms with van der Waals surface area (Å²) in [5, 5.41) is 8.05. The van der Waals surface area contributed by atoms with Crippen LogP contribution in [0.3, 0.4) is 0 Å². The van der Waals surface area contributed by atoms with E-state index < -0.39 is 0 Å². The molecule has 6 aromatic rings. The zero-order valence-electron chi connectivity index (χ0n) is 38.7. The number of carbonyl (C=O) groups excluding carboxylic acids is 2. The van der Waals surface area contributed by atoms with Gasteiger partial charge in [0.1, 0.15) is 11.5 Å². The minimum Gasteiger partial charge on any atom is -0.425 e. The van der Waals surface area contributed by atoms with Crippen molar-refractivity contribution in [3.8, 4) is 22.6 Å². The Morgan fingerprint density at radius 1 is 0.355 bits per heavy atom. The van der Waals surface area contributed by atoms with Crippen molar-refractivity contribution in [3.63, 3.8) is 0 Å². The molecule has 0 aromatic heterocycles. The maximum Gasteiger partial charge on any atom is 0.311 e. The predicted octanol–water partition coefficient (Wildman–Crippen LogP) is 17.5. The van der Waals surface area contributed by atoms with Crippen molar-refractivity contribution in [1.82, 2.24) is 0 Å². The standard InChI is InChI=1S/C58H74O4/c1-5-9-13-15-17-19-23-35-53(59)61-57-47-33-27-25-31-45(47)55(51-41-43(29-21-11-7-3)37-39-49(51)57)56-46-32-26-28-34-48(46)58(62-54(60)36-24-20-18-16-14-10-6-2)50-40-38-44(42-52(50)56)30-22-12-8-4/h25-28,31-34,37-42H,5-24,29-30,35-36H2,1-4H3. The molecule has 6 rings (SSSR count). The molecule has 4 heteroatoms. The first kappa shape index (κ1) is 46.8. The Labute approximate surface area is 373 Å². The van der Waals surface area contributed by atoms with Crippen LogP contribution in [0.5, 0.6) is 11.5 Å². The predicted molar refractivity (Wildman–Crippen MR) is 265 cm³/mol.